The molecule has 2 rings (SSSR count). The Morgan fingerprint density at radius 3 is 3.06 bits per heavy atom. The molecule has 5 heteroatoms. The van der Waals surface area contributed by atoms with Gasteiger partial charge in [0, 0.05) is 12.4 Å². The molecule has 2 aromatic rings. The third-order valence-electron chi connectivity index (χ3n) is 2.18. The molecule has 82 valence electrons. The summed E-state index contributed by atoms with van der Waals surface area (Å²) in [4.78, 5) is 19.4. The zero-order valence-corrected chi connectivity index (χ0v) is 8.80. The molecule has 5 nitrogen and oxygen atoms in total. The molecule has 0 aromatic carbocycles. The summed E-state index contributed by atoms with van der Waals surface area (Å²) in [5, 5.41) is 2.73. The minimum absolute atomic E-state index is 0.177. The summed E-state index contributed by atoms with van der Waals surface area (Å²) >= 11 is 0. The highest BCUT2D eigenvalue weighted by Crippen LogP contribution is 2.04. The fraction of sp³-hybridized carbons (Fsp3) is 0.182. The number of rotatable bonds is 3. The summed E-state index contributed by atoms with van der Waals surface area (Å²) in [6, 6.07) is 3.42. The van der Waals surface area contributed by atoms with Gasteiger partial charge in [0.25, 0.3) is 5.91 Å². The van der Waals surface area contributed by atoms with Crippen molar-refractivity contribution in [2.24, 2.45) is 0 Å². The SMILES string of the molecule is Cc1ncoc1CNC(=O)c1cccnc1. The van der Waals surface area contributed by atoms with Crippen molar-refractivity contribution in [1.29, 1.82) is 0 Å². The second-order valence-corrected chi connectivity index (χ2v) is 3.29. The Kier molecular flexibility index (Phi) is 2.95. The fourth-order valence-electron chi connectivity index (χ4n) is 1.26. The molecule has 16 heavy (non-hydrogen) atoms. The Balaban J connectivity index is 1.97. The van der Waals surface area contributed by atoms with Gasteiger partial charge in [-0.25, -0.2) is 4.98 Å². The summed E-state index contributed by atoms with van der Waals surface area (Å²) in [6.45, 7) is 2.16. The van der Waals surface area contributed by atoms with Gasteiger partial charge in [-0.05, 0) is 19.1 Å². The van der Waals surface area contributed by atoms with Crippen LogP contribution in [0.4, 0.5) is 0 Å². The number of aryl methyl sites for hydroxylation is 1. The molecule has 0 radical (unpaired) electrons. The summed E-state index contributed by atoms with van der Waals surface area (Å²) < 4.78 is 5.11. The van der Waals surface area contributed by atoms with Crippen LogP contribution >= 0.6 is 0 Å². The van der Waals surface area contributed by atoms with Crippen molar-refractivity contribution >= 4 is 5.91 Å². The van der Waals surface area contributed by atoms with Gasteiger partial charge in [0.1, 0.15) is 5.76 Å². The number of amides is 1. The van der Waals surface area contributed by atoms with Crippen LogP contribution < -0.4 is 5.32 Å². The van der Waals surface area contributed by atoms with Gasteiger partial charge < -0.3 is 9.73 Å². The third kappa shape index (κ3) is 2.25. The van der Waals surface area contributed by atoms with Gasteiger partial charge in [-0.2, -0.15) is 0 Å². The maximum atomic E-state index is 11.6. The van der Waals surface area contributed by atoms with Gasteiger partial charge >= 0.3 is 0 Å². The Hall–Kier alpha value is -2.17. The van der Waals surface area contributed by atoms with Crippen LogP contribution in [0.1, 0.15) is 21.8 Å². The number of pyridine rings is 1. The zero-order valence-electron chi connectivity index (χ0n) is 8.80. The average molecular weight is 217 g/mol. The second-order valence-electron chi connectivity index (χ2n) is 3.29. The molecule has 0 saturated carbocycles. The molecule has 0 aliphatic carbocycles. The minimum atomic E-state index is -0.177. The normalized spacial score (nSPS) is 10.1. The van der Waals surface area contributed by atoms with E-state index in [1.54, 1.807) is 18.3 Å². The molecule has 0 aliphatic rings. The lowest BCUT2D eigenvalue weighted by molar-refractivity contribution is 0.0947. The third-order valence-corrected chi connectivity index (χ3v) is 2.18. The molecule has 0 saturated heterocycles. The molecule has 0 atom stereocenters. The predicted octanol–water partition coefficient (Wildman–Crippen LogP) is 1.31. The first-order valence-corrected chi connectivity index (χ1v) is 4.84. The van der Waals surface area contributed by atoms with E-state index in [1.165, 1.54) is 12.6 Å². The Labute approximate surface area is 92.5 Å². The topological polar surface area (TPSA) is 68.0 Å². The Morgan fingerprint density at radius 2 is 2.44 bits per heavy atom. The van der Waals surface area contributed by atoms with Crippen molar-refractivity contribution in [3.05, 3.63) is 47.9 Å². The first-order chi connectivity index (χ1) is 7.77. The van der Waals surface area contributed by atoms with Crippen molar-refractivity contribution in [1.82, 2.24) is 15.3 Å². The number of hydrogen-bond donors (Lipinski definition) is 1. The number of nitrogens with one attached hydrogen (secondary N) is 1. The smallest absolute Gasteiger partial charge is 0.253 e. The van der Waals surface area contributed by atoms with Crippen molar-refractivity contribution in [2.45, 2.75) is 13.5 Å². The number of hydrogen-bond acceptors (Lipinski definition) is 4. The highest BCUT2D eigenvalue weighted by molar-refractivity contribution is 5.93. The molecule has 0 fully saturated rings. The number of aromatic nitrogens is 2. The van der Waals surface area contributed by atoms with Crippen LogP contribution in [-0.2, 0) is 6.54 Å². The standard InChI is InChI=1S/C11H11N3O2/c1-8-10(16-7-14-8)6-13-11(15)9-3-2-4-12-5-9/h2-5,7H,6H2,1H3,(H,13,15). The highest BCUT2D eigenvalue weighted by atomic mass is 16.3. The number of nitrogens with zero attached hydrogens (tertiary/aromatic N) is 2. The molecule has 0 spiro atoms. The second kappa shape index (κ2) is 4.57. The lowest BCUT2D eigenvalue weighted by Gasteiger charge is -2.02. The van der Waals surface area contributed by atoms with E-state index in [0.29, 0.717) is 17.9 Å². The van der Waals surface area contributed by atoms with Crippen molar-refractivity contribution in [2.75, 3.05) is 0 Å². The summed E-state index contributed by atoms with van der Waals surface area (Å²) in [6.07, 6.45) is 4.50. The molecular weight excluding hydrogens is 206 g/mol. The number of carbonyl (C=O) groups is 1. The van der Waals surface area contributed by atoms with E-state index < -0.39 is 0 Å². The summed E-state index contributed by atoms with van der Waals surface area (Å²) in [5.74, 6) is 0.487. The minimum Gasteiger partial charge on any atom is -0.446 e. The van der Waals surface area contributed by atoms with Crippen LogP contribution in [-0.4, -0.2) is 15.9 Å². The van der Waals surface area contributed by atoms with Crippen LogP contribution in [0.25, 0.3) is 0 Å². The van der Waals surface area contributed by atoms with Crippen molar-refractivity contribution in [3.8, 4) is 0 Å². The van der Waals surface area contributed by atoms with Crippen LogP contribution in [0, 0.1) is 6.92 Å². The fourth-order valence-corrected chi connectivity index (χ4v) is 1.26. The van der Waals surface area contributed by atoms with E-state index in [2.05, 4.69) is 15.3 Å². The molecule has 1 amide bonds. The quantitative estimate of drug-likeness (QED) is 0.841. The van der Waals surface area contributed by atoms with E-state index in [-0.39, 0.29) is 5.91 Å². The predicted molar refractivity (Wildman–Crippen MR) is 56.6 cm³/mol. The first kappa shape index (κ1) is 10.4. The van der Waals surface area contributed by atoms with E-state index in [1.807, 2.05) is 6.92 Å². The largest absolute Gasteiger partial charge is 0.446 e. The number of oxazole rings is 1. The van der Waals surface area contributed by atoms with E-state index >= 15 is 0 Å². The van der Waals surface area contributed by atoms with Crippen LogP contribution in [0.3, 0.4) is 0 Å². The summed E-state index contributed by atoms with van der Waals surface area (Å²) in [7, 11) is 0. The molecule has 0 bridgehead atoms. The van der Waals surface area contributed by atoms with Crippen LogP contribution in [0.5, 0.6) is 0 Å². The highest BCUT2D eigenvalue weighted by Gasteiger charge is 2.07. The van der Waals surface area contributed by atoms with Gasteiger partial charge in [-0.15, -0.1) is 0 Å². The van der Waals surface area contributed by atoms with Crippen molar-refractivity contribution < 1.29 is 9.21 Å². The van der Waals surface area contributed by atoms with E-state index in [4.69, 9.17) is 4.42 Å². The van der Waals surface area contributed by atoms with Crippen LogP contribution in [0.2, 0.25) is 0 Å². The molecule has 2 aromatic heterocycles. The average Bonchev–Trinajstić information content (AvgIpc) is 2.73. The lowest BCUT2D eigenvalue weighted by atomic mass is 10.2. The van der Waals surface area contributed by atoms with E-state index in [0.717, 1.165) is 5.69 Å². The molecule has 0 aliphatic heterocycles. The monoisotopic (exact) mass is 217 g/mol. The number of carbonyl (C=O) groups excluding carboxylic acids is 1. The van der Waals surface area contributed by atoms with Crippen LogP contribution in [0.15, 0.2) is 35.3 Å². The van der Waals surface area contributed by atoms with Gasteiger partial charge in [0.2, 0.25) is 0 Å². The first-order valence-electron chi connectivity index (χ1n) is 4.84. The lowest BCUT2D eigenvalue weighted by Crippen LogP contribution is -2.22. The molecule has 0 unspecified atom stereocenters. The van der Waals surface area contributed by atoms with Crippen molar-refractivity contribution in [3.63, 3.8) is 0 Å². The zero-order chi connectivity index (χ0) is 11.4. The summed E-state index contributed by atoms with van der Waals surface area (Å²) in [5.41, 5.74) is 1.31. The maximum absolute atomic E-state index is 11.6. The maximum Gasteiger partial charge on any atom is 0.253 e. The van der Waals surface area contributed by atoms with E-state index in [9.17, 15) is 4.79 Å². The Bertz CT molecular complexity index is 479. The molecule has 1 N–H and O–H groups in total. The van der Waals surface area contributed by atoms with Gasteiger partial charge in [-0.1, -0.05) is 0 Å². The van der Waals surface area contributed by atoms with Gasteiger partial charge in [-0.3, -0.25) is 9.78 Å². The van der Waals surface area contributed by atoms with Gasteiger partial charge in [0.05, 0.1) is 17.8 Å². The molecule has 2 heterocycles. The van der Waals surface area contributed by atoms with Gasteiger partial charge in [0.15, 0.2) is 6.39 Å². The molecular formula is C11H11N3O2. The Morgan fingerprint density at radius 1 is 1.56 bits per heavy atom.